The van der Waals surface area contributed by atoms with Gasteiger partial charge in [0.05, 0.1) is 11.3 Å². The van der Waals surface area contributed by atoms with Crippen molar-refractivity contribution >= 4 is 49.9 Å². The van der Waals surface area contributed by atoms with Gasteiger partial charge in [-0.3, -0.25) is 14.0 Å². The molecule has 5 rings (SSSR count). The van der Waals surface area contributed by atoms with Gasteiger partial charge in [0.1, 0.15) is 10.4 Å². The molecule has 1 saturated heterocycles. The highest BCUT2D eigenvalue weighted by Gasteiger charge is 2.37. The normalized spacial score (nSPS) is 15.9. The molecule has 1 aliphatic heterocycles. The molecule has 1 aliphatic rings. The Hall–Kier alpha value is -3.32. The van der Waals surface area contributed by atoms with Crippen LogP contribution < -0.4 is 5.32 Å². The number of hydrogen-bond acceptors (Lipinski definition) is 5. The zero-order valence-electron chi connectivity index (χ0n) is 19.1. The predicted molar refractivity (Wildman–Crippen MR) is 133 cm³/mol. The molecule has 1 aromatic carbocycles. The number of halogens is 5. The molecule has 0 spiro atoms. The minimum atomic E-state index is -4.75. The molecule has 1 atom stereocenters. The average Bonchev–Trinajstić information content (AvgIpc) is 3.57. The van der Waals surface area contributed by atoms with Gasteiger partial charge >= 0.3 is 6.18 Å². The van der Waals surface area contributed by atoms with Gasteiger partial charge in [-0.1, -0.05) is 12.1 Å². The lowest BCUT2D eigenvalue weighted by Crippen LogP contribution is -2.29. The molecule has 0 saturated carbocycles. The molecule has 37 heavy (non-hydrogen) atoms. The van der Waals surface area contributed by atoms with E-state index in [0.29, 0.717) is 19.5 Å². The molecular weight excluding hydrogens is 578 g/mol. The Balaban J connectivity index is 1.51. The zero-order valence-corrected chi connectivity index (χ0v) is 21.5. The number of pyridine rings is 1. The van der Waals surface area contributed by atoms with E-state index in [1.54, 1.807) is 12.1 Å². The maximum absolute atomic E-state index is 14.0. The van der Waals surface area contributed by atoms with Crippen LogP contribution in [-0.2, 0) is 11.0 Å². The lowest BCUT2D eigenvalue weighted by atomic mass is 9.98. The van der Waals surface area contributed by atoms with E-state index in [-0.39, 0.29) is 44.3 Å². The van der Waals surface area contributed by atoms with Crippen LogP contribution in [0.25, 0.3) is 16.9 Å². The number of carbonyl (C=O) groups excluding carboxylic acids is 2. The first-order chi connectivity index (χ1) is 17.5. The van der Waals surface area contributed by atoms with Crippen LogP contribution >= 0.6 is 27.3 Å². The fourth-order valence-electron chi connectivity index (χ4n) is 4.34. The molecule has 1 unspecified atom stereocenters. The van der Waals surface area contributed by atoms with Crippen molar-refractivity contribution in [1.29, 1.82) is 0 Å². The summed E-state index contributed by atoms with van der Waals surface area (Å²) in [7, 11) is 0. The van der Waals surface area contributed by atoms with Crippen LogP contribution in [-0.4, -0.2) is 44.2 Å². The summed E-state index contributed by atoms with van der Waals surface area (Å²) >= 11 is 4.35. The van der Waals surface area contributed by atoms with Gasteiger partial charge in [-0.2, -0.15) is 13.2 Å². The molecule has 13 heteroatoms. The SMILES string of the molecule is CC(=O)Nc1nc(-c2cc(C(F)(F)F)c3nc(C(=O)N4CCC(c5cccc(F)c5)C4)c(Br)n3c2)cs1. The van der Waals surface area contributed by atoms with Gasteiger partial charge in [0.2, 0.25) is 5.91 Å². The molecule has 7 nitrogen and oxygen atoms in total. The van der Waals surface area contributed by atoms with Crippen molar-refractivity contribution < 1.29 is 27.2 Å². The summed E-state index contributed by atoms with van der Waals surface area (Å²) in [4.78, 5) is 34.4. The van der Waals surface area contributed by atoms with E-state index in [1.165, 1.54) is 39.9 Å². The molecule has 0 bridgehead atoms. The summed E-state index contributed by atoms with van der Waals surface area (Å²) in [5.41, 5.74) is -0.484. The van der Waals surface area contributed by atoms with Crippen LogP contribution in [0.1, 0.15) is 40.9 Å². The Morgan fingerprint density at radius 3 is 2.70 bits per heavy atom. The topological polar surface area (TPSA) is 79.6 Å². The Morgan fingerprint density at radius 1 is 1.22 bits per heavy atom. The summed E-state index contributed by atoms with van der Waals surface area (Å²) < 4.78 is 57.0. The number of nitrogens with one attached hydrogen (secondary N) is 1. The van der Waals surface area contributed by atoms with E-state index in [9.17, 15) is 27.2 Å². The molecular formula is C24H18BrF4N5O2S. The second kappa shape index (κ2) is 9.53. The largest absolute Gasteiger partial charge is 0.420 e. The quantitative estimate of drug-likeness (QED) is 0.295. The second-order valence-electron chi connectivity index (χ2n) is 8.60. The van der Waals surface area contributed by atoms with Gasteiger partial charge in [-0.25, -0.2) is 14.4 Å². The molecule has 192 valence electrons. The molecule has 0 radical (unpaired) electrons. The third kappa shape index (κ3) is 4.97. The van der Waals surface area contributed by atoms with Crippen LogP contribution in [0.2, 0.25) is 0 Å². The molecule has 3 aromatic heterocycles. The number of imidazole rings is 1. The minimum Gasteiger partial charge on any atom is -0.337 e. The third-order valence-electron chi connectivity index (χ3n) is 6.05. The fraction of sp³-hybridized carbons (Fsp3) is 0.250. The van der Waals surface area contributed by atoms with E-state index in [1.807, 2.05) is 0 Å². The van der Waals surface area contributed by atoms with Gasteiger partial charge in [-0.15, -0.1) is 11.3 Å². The van der Waals surface area contributed by atoms with Gasteiger partial charge in [0.25, 0.3) is 5.91 Å². The van der Waals surface area contributed by atoms with Crippen molar-refractivity contribution in [2.24, 2.45) is 0 Å². The van der Waals surface area contributed by atoms with Crippen molar-refractivity contribution in [2.75, 3.05) is 18.4 Å². The molecule has 1 fully saturated rings. The van der Waals surface area contributed by atoms with E-state index >= 15 is 0 Å². The Kier molecular flexibility index (Phi) is 6.52. The summed E-state index contributed by atoms with van der Waals surface area (Å²) in [5.74, 6) is -1.33. The first-order valence-corrected chi connectivity index (χ1v) is 12.8. The van der Waals surface area contributed by atoms with E-state index in [4.69, 9.17) is 0 Å². The van der Waals surface area contributed by atoms with E-state index < -0.39 is 23.3 Å². The van der Waals surface area contributed by atoms with Crippen LogP contribution in [0, 0.1) is 5.82 Å². The highest BCUT2D eigenvalue weighted by atomic mass is 79.9. The van der Waals surface area contributed by atoms with Crippen LogP contribution in [0.4, 0.5) is 22.7 Å². The Labute approximate surface area is 220 Å². The van der Waals surface area contributed by atoms with Crippen LogP contribution in [0.3, 0.4) is 0 Å². The number of rotatable bonds is 4. The summed E-state index contributed by atoms with van der Waals surface area (Å²) in [6.07, 6.45) is -2.75. The van der Waals surface area contributed by atoms with E-state index in [2.05, 4.69) is 31.2 Å². The first kappa shape index (κ1) is 25.3. The smallest absolute Gasteiger partial charge is 0.337 e. The van der Waals surface area contributed by atoms with Gasteiger partial charge in [-0.05, 0) is 46.1 Å². The number of nitrogens with zero attached hydrogens (tertiary/aromatic N) is 4. The summed E-state index contributed by atoms with van der Waals surface area (Å²) in [6.45, 7) is 1.96. The summed E-state index contributed by atoms with van der Waals surface area (Å²) in [5, 5.41) is 4.28. The standard InChI is InChI=1S/C24H18BrF4N5O2S/c1-12(35)30-23-31-18(11-37-23)15-8-17(24(27,28)29)21-32-19(20(25)34(21)10-15)22(36)33-6-5-14(9-33)13-3-2-4-16(26)7-13/h2-4,7-8,10-11,14H,5-6,9H2,1H3,(H,30,31,35). The lowest BCUT2D eigenvalue weighted by Gasteiger charge is -2.15. The summed E-state index contributed by atoms with van der Waals surface area (Å²) in [6, 6.07) is 7.08. The number of carbonyl (C=O) groups is 2. The van der Waals surface area contributed by atoms with Crippen molar-refractivity contribution in [1.82, 2.24) is 19.3 Å². The minimum absolute atomic E-state index is 0.0753. The van der Waals surface area contributed by atoms with Gasteiger partial charge < -0.3 is 10.2 Å². The monoisotopic (exact) mass is 595 g/mol. The predicted octanol–water partition coefficient (Wildman–Crippen LogP) is 5.97. The zero-order chi connectivity index (χ0) is 26.5. The van der Waals surface area contributed by atoms with Gasteiger partial charge in [0.15, 0.2) is 16.5 Å². The number of aromatic nitrogens is 3. The first-order valence-electron chi connectivity index (χ1n) is 11.1. The number of anilines is 1. The molecule has 1 N–H and O–H groups in total. The van der Waals surface area contributed by atoms with Crippen molar-refractivity contribution in [3.63, 3.8) is 0 Å². The lowest BCUT2D eigenvalue weighted by molar-refractivity contribution is -0.136. The van der Waals surface area contributed by atoms with Gasteiger partial charge in [0, 0.05) is 43.1 Å². The molecule has 4 heterocycles. The number of thiazole rings is 1. The number of fused-ring (bicyclic) bond motifs is 1. The van der Waals surface area contributed by atoms with Crippen molar-refractivity contribution in [2.45, 2.75) is 25.4 Å². The van der Waals surface area contributed by atoms with Crippen LogP contribution in [0.5, 0.6) is 0 Å². The van der Waals surface area contributed by atoms with Crippen molar-refractivity contribution in [3.05, 3.63) is 69.1 Å². The fourth-order valence-corrected chi connectivity index (χ4v) is 5.64. The highest BCUT2D eigenvalue weighted by molar-refractivity contribution is 9.10. The number of likely N-dealkylation sites (tertiary alicyclic amines) is 1. The Morgan fingerprint density at radius 2 is 2.00 bits per heavy atom. The highest BCUT2D eigenvalue weighted by Crippen LogP contribution is 2.38. The Bertz CT molecular complexity index is 1530. The number of hydrogen-bond donors (Lipinski definition) is 1. The average molecular weight is 596 g/mol. The van der Waals surface area contributed by atoms with E-state index in [0.717, 1.165) is 23.0 Å². The third-order valence-corrected chi connectivity index (χ3v) is 7.56. The van der Waals surface area contributed by atoms with Crippen LogP contribution in [0.15, 0.2) is 46.5 Å². The number of amides is 2. The molecule has 4 aromatic rings. The maximum Gasteiger partial charge on any atom is 0.420 e. The number of benzene rings is 1. The second-order valence-corrected chi connectivity index (χ2v) is 10.2. The molecule has 0 aliphatic carbocycles. The number of alkyl halides is 3. The maximum atomic E-state index is 14.0. The molecule has 2 amide bonds. The van der Waals surface area contributed by atoms with Crippen molar-refractivity contribution in [3.8, 4) is 11.3 Å².